The Morgan fingerprint density at radius 1 is 1.21 bits per heavy atom. The number of methoxy groups -OCH3 is 1. The number of benzene rings is 1. The molecule has 0 atom stereocenters. The predicted molar refractivity (Wildman–Crippen MR) is 44.2 cm³/mol. The fourth-order valence-electron chi connectivity index (χ4n) is 0.944. The van der Waals surface area contributed by atoms with Crippen molar-refractivity contribution in [3.8, 4) is 11.5 Å². The summed E-state index contributed by atoms with van der Waals surface area (Å²) in [7, 11) is 1.16. The minimum absolute atomic E-state index is 0.416. The van der Waals surface area contributed by atoms with E-state index in [1.165, 1.54) is 0 Å². The molecule has 0 aliphatic heterocycles. The molecule has 0 spiro atoms. The number of hydrogen-bond donors (Lipinski definition) is 0. The fraction of sp³-hybridized carbons (Fsp3) is 0.222. The van der Waals surface area contributed by atoms with Crippen molar-refractivity contribution in [2.75, 3.05) is 7.11 Å². The van der Waals surface area contributed by atoms with E-state index in [1.807, 2.05) is 0 Å². The average Bonchev–Trinajstić information content (AvgIpc) is 2.11. The van der Waals surface area contributed by atoms with Crippen LogP contribution in [0.5, 0.6) is 11.5 Å². The van der Waals surface area contributed by atoms with Crippen LogP contribution in [0.2, 0.25) is 0 Å². The predicted octanol–water partition coefficient (Wildman–Crippen LogP) is 1.90. The van der Waals surface area contributed by atoms with Gasteiger partial charge in [-0.1, -0.05) is 0 Å². The molecule has 0 radical (unpaired) electrons. The second-order valence-electron chi connectivity index (χ2n) is 2.49. The van der Waals surface area contributed by atoms with Gasteiger partial charge in [0.1, 0.15) is 0 Å². The Balaban J connectivity index is 3.22. The van der Waals surface area contributed by atoms with Gasteiger partial charge in [0.2, 0.25) is 11.5 Å². The highest BCUT2D eigenvalue weighted by Crippen LogP contribution is 2.32. The van der Waals surface area contributed by atoms with Gasteiger partial charge in [-0.25, -0.2) is 8.78 Å². The highest BCUT2D eigenvalue weighted by Gasteiger charge is 2.17. The minimum atomic E-state index is -0.849. The van der Waals surface area contributed by atoms with Crippen LogP contribution < -0.4 is 9.47 Å². The Kier molecular flexibility index (Phi) is 3.01. The van der Waals surface area contributed by atoms with E-state index in [0.29, 0.717) is 0 Å². The van der Waals surface area contributed by atoms with Crippen molar-refractivity contribution in [2.45, 2.75) is 6.92 Å². The maximum Gasteiger partial charge on any atom is 0.308 e. The SMILES string of the molecule is COc1c(F)ccc(F)c1OC(C)=O. The second-order valence-corrected chi connectivity index (χ2v) is 2.49. The molecule has 0 heterocycles. The van der Waals surface area contributed by atoms with E-state index in [2.05, 4.69) is 9.47 Å². The lowest BCUT2D eigenvalue weighted by Gasteiger charge is -2.08. The Morgan fingerprint density at radius 2 is 1.71 bits per heavy atom. The number of ether oxygens (including phenoxy) is 2. The van der Waals surface area contributed by atoms with Crippen molar-refractivity contribution >= 4 is 5.97 Å². The lowest BCUT2D eigenvalue weighted by Crippen LogP contribution is -2.05. The molecular formula is C9H8F2O3. The first-order valence-corrected chi connectivity index (χ1v) is 3.76. The summed E-state index contributed by atoms with van der Waals surface area (Å²) < 4.78 is 35.1. The maximum atomic E-state index is 13.1. The van der Waals surface area contributed by atoms with Crippen molar-refractivity contribution in [1.29, 1.82) is 0 Å². The standard InChI is InChI=1S/C9H8F2O3/c1-5(12)14-9-7(11)4-3-6(10)8(9)13-2/h3-4H,1-2H3. The molecule has 0 aliphatic carbocycles. The molecule has 0 amide bonds. The molecule has 0 saturated carbocycles. The van der Waals surface area contributed by atoms with Gasteiger partial charge < -0.3 is 9.47 Å². The number of rotatable bonds is 2. The molecule has 3 nitrogen and oxygen atoms in total. The van der Waals surface area contributed by atoms with E-state index in [1.54, 1.807) is 0 Å². The van der Waals surface area contributed by atoms with Gasteiger partial charge in [-0.05, 0) is 12.1 Å². The molecular weight excluding hydrogens is 194 g/mol. The van der Waals surface area contributed by atoms with Gasteiger partial charge in [-0.3, -0.25) is 4.79 Å². The topological polar surface area (TPSA) is 35.5 Å². The van der Waals surface area contributed by atoms with Crippen molar-refractivity contribution in [1.82, 2.24) is 0 Å². The van der Waals surface area contributed by atoms with E-state index in [-0.39, 0.29) is 0 Å². The highest BCUT2D eigenvalue weighted by atomic mass is 19.1. The molecule has 0 unspecified atom stereocenters. The van der Waals surface area contributed by atoms with Crippen molar-refractivity contribution in [3.63, 3.8) is 0 Å². The highest BCUT2D eigenvalue weighted by molar-refractivity contribution is 5.70. The lowest BCUT2D eigenvalue weighted by molar-refractivity contribution is -0.132. The zero-order chi connectivity index (χ0) is 10.7. The van der Waals surface area contributed by atoms with E-state index < -0.39 is 29.1 Å². The molecule has 0 N–H and O–H groups in total. The van der Waals surface area contributed by atoms with Gasteiger partial charge in [-0.15, -0.1) is 0 Å². The van der Waals surface area contributed by atoms with Crippen molar-refractivity contribution in [2.24, 2.45) is 0 Å². The van der Waals surface area contributed by atoms with E-state index >= 15 is 0 Å². The first-order valence-electron chi connectivity index (χ1n) is 3.76. The summed E-state index contributed by atoms with van der Waals surface area (Å²) in [4.78, 5) is 10.6. The van der Waals surface area contributed by atoms with Gasteiger partial charge in [0.05, 0.1) is 7.11 Å². The van der Waals surface area contributed by atoms with Gasteiger partial charge >= 0.3 is 5.97 Å². The summed E-state index contributed by atoms with van der Waals surface area (Å²) in [6, 6.07) is 1.75. The van der Waals surface area contributed by atoms with Crippen LogP contribution in [0.3, 0.4) is 0 Å². The van der Waals surface area contributed by atoms with E-state index in [4.69, 9.17) is 0 Å². The lowest BCUT2D eigenvalue weighted by atomic mass is 10.3. The van der Waals surface area contributed by atoms with Crippen LogP contribution in [0.4, 0.5) is 8.78 Å². The molecule has 1 rings (SSSR count). The normalized spacial score (nSPS) is 9.71. The van der Waals surface area contributed by atoms with E-state index in [9.17, 15) is 13.6 Å². The Bertz CT molecular complexity index is 363. The first kappa shape index (κ1) is 10.4. The summed E-state index contributed by atoms with van der Waals surface area (Å²) in [6.45, 7) is 1.09. The zero-order valence-electron chi connectivity index (χ0n) is 7.64. The van der Waals surface area contributed by atoms with Gasteiger partial charge in [-0.2, -0.15) is 0 Å². The Labute approximate surface area is 79.2 Å². The molecule has 0 fully saturated rings. The molecule has 1 aromatic carbocycles. The molecule has 5 heteroatoms. The van der Waals surface area contributed by atoms with Crippen molar-refractivity contribution in [3.05, 3.63) is 23.8 Å². The molecule has 76 valence electrons. The Morgan fingerprint density at radius 3 is 2.14 bits per heavy atom. The molecule has 0 saturated heterocycles. The summed E-state index contributed by atoms with van der Waals surface area (Å²) in [5, 5.41) is 0. The number of carbonyl (C=O) groups is 1. The maximum absolute atomic E-state index is 13.1. The van der Waals surface area contributed by atoms with E-state index in [0.717, 1.165) is 26.2 Å². The third-order valence-electron chi connectivity index (χ3n) is 1.47. The van der Waals surface area contributed by atoms with Crippen molar-refractivity contribution < 1.29 is 23.0 Å². The summed E-state index contributed by atoms with van der Waals surface area (Å²) >= 11 is 0. The van der Waals surface area contributed by atoms with Crippen LogP contribution in [-0.2, 0) is 4.79 Å². The molecule has 0 aliphatic rings. The minimum Gasteiger partial charge on any atom is -0.490 e. The largest absolute Gasteiger partial charge is 0.490 e. The first-order chi connectivity index (χ1) is 6.56. The smallest absolute Gasteiger partial charge is 0.308 e. The molecule has 0 bridgehead atoms. The van der Waals surface area contributed by atoms with Crippen LogP contribution in [0.15, 0.2) is 12.1 Å². The molecule has 1 aromatic rings. The third kappa shape index (κ3) is 1.99. The van der Waals surface area contributed by atoms with Crippen LogP contribution in [0.1, 0.15) is 6.92 Å². The summed E-state index contributed by atoms with van der Waals surface area (Å²) in [5.41, 5.74) is 0. The monoisotopic (exact) mass is 202 g/mol. The number of halogens is 2. The number of hydrogen-bond acceptors (Lipinski definition) is 3. The van der Waals surface area contributed by atoms with Gasteiger partial charge in [0, 0.05) is 6.92 Å². The zero-order valence-corrected chi connectivity index (χ0v) is 7.64. The molecule has 14 heavy (non-hydrogen) atoms. The van der Waals surface area contributed by atoms with Crippen LogP contribution >= 0.6 is 0 Å². The van der Waals surface area contributed by atoms with Gasteiger partial charge in [0.15, 0.2) is 11.6 Å². The quantitative estimate of drug-likeness (QED) is 0.542. The fourth-order valence-corrected chi connectivity index (χ4v) is 0.944. The Hall–Kier alpha value is -1.65. The third-order valence-corrected chi connectivity index (χ3v) is 1.47. The summed E-state index contributed by atoms with van der Waals surface area (Å²) in [6.07, 6.45) is 0. The van der Waals surface area contributed by atoms with Gasteiger partial charge in [0.25, 0.3) is 0 Å². The summed E-state index contributed by atoms with van der Waals surface area (Å²) in [5.74, 6) is -3.32. The number of esters is 1. The number of carbonyl (C=O) groups excluding carboxylic acids is 1. The van der Waals surface area contributed by atoms with Crippen LogP contribution in [-0.4, -0.2) is 13.1 Å². The molecule has 0 aromatic heterocycles. The average molecular weight is 202 g/mol. The van der Waals surface area contributed by atoms with Crippen LogP contribution in [0.25, 0.3) is 0 Å². The second kappa shape index (κ2) is 4.04. The van der Waals surface area contributed by atoms with Crippen LogP contribution in [0, 0.1) is 11.6 Å².